The minimum atomic E-state index is 1.15. The first kappa shape index (κ1) is 87.1. The lowest BCUT2D eigenvalue weighted by atomic mass is 9.96. The zero-order valence-corrected chi connectivity index (χ0v) is 80.6. The molecule has 0 radical (unpaired) electrons. The summed E-state index contributed by atoms with van der Waals surface area (Å²) >= 11 is 0. The van der Waals surface area contributed by atoms with Crippen LogP contribution in [-0.2, 0) is 0 Å². The summed E-state index contributed by atoms with van der Waals surface area (Å²) in [4.78, 5) is 9.83. The Labute approximate surface area is 837 Å². The normalized spacial score (nSPS) is 11.5. The summed E-state index contributed by atoms with van der Waals surface area (Å²) in [7, 11) is 0. The third-order valence-corrected chi connectivity index (χ3v) is 29.1. The molecule has 144 heavy (non-hydrogen) atoms. The van der Waals surface area contributed by atoms with Crippen LogP contribution >= 0.6 is 0 Å². The Morgan fingerprint density at radius 2 is 0.326 bits per heavy atom. The second-order valence-electron chi connectivity index (χ2n) is 37.9. The van der Waals surface area contributed by atoms with Crippen molar-refractivity contribution in [3.05, 3.63) is 556 Å². The molecule has 0 aromatic heterocycles. The van der Waals surface area contributed by atoms with E-state index in [0.29, 0.717) is 0 Å². The molecule has 0 aliphatic rings. The van der Waals surface area contributed by atoms with Gasteiger partial charge in [-0.05, 0) is 265 Å². The van der Waals surface area contributed by atoms with Gasteiger partial charge in [0, 0.05) is 65.8 Å². The summed E-state index contributed by atoms with van der Waals surface area (Å²) in [6, 6.07) is 194. The van der Waals surface area contributed by atoms with Gasteiger partial charge in [-0.1, -0.05) is 448 Å². The zero-order chi connectivity index (χ0) is 96.2. The lowest BCUT2D eigenvalue weighted by Crippen LogP contribution is -2.12. The van der Waals surface area contributed by atoms with Gasteiger partial charge in [-0.25, -0.2) is 0 Å². The molecule has 28 rings (SSSR count). The van der Waals surface area contributed by atoms with Crippen LogP contribution in [0.15, 0.2) is 534 Å². The van der Waals surface area contributed by atoms with Crippen molar-refractivity contribution in [1.29, 1.82) is 0 Å². The Morgan fingerprint density at radius 1 is 0.111 bits per heavy atom. The standard InChI is InChI=1S/4C35H25N/c1-24-10-2-7-17-31(24)36(32-18-8-13-27-22-20-25-11-3-5-15-29(25)34(27)32)33-19-9-14-28-23-21-26-12-4-6-16-30(26)35(28)33;1-24-10-8-14-28(22-24)36(33-19-9-13-26-21-20-25-11-2-5-16-30(25)35(26)33)34-23-27-12-3-4-15-29(27)31-17-6-7-18-32(31)34;1-24-17-21-28(22-18-24)36(33-16-8-11-26-20-19-25-9-2-5-13-30(25)35(26)33)34-23-27-10-3-4-12-29(27)31-14-6-7-15-32(31)34;1-24-9-6-14-29(23-24)36(32-17-7-12-27-21-19-25-10-2-4-15-30(25)34(27)32)33-18-8-13-28-22-20-26-11-3-5-16-31(26)35(28)33/h4*2-23H,1H3. The van der Waals surface area contributed by atoms with Gasteiger partial charge >= 0.3 is 0 Å². The van der Waals surface area contributed by atoms with Crippen LogP contribution < -0.4 is 19.6 Å². The summed E-state index contributed by atoms with van der Waals surface area (Å²) < 4.78 is 0. The zero-order valence-electron chi connectivity index (χ0n) is 80.6. The first-order valence-electron chi connectivity index (χ1n) is 49.8. The number of rotatable bonds is 12. The highest BCUT2D eigenvalue weighted by atomic mass is 15.2. The molecular weight excluding hydrogens is 1740 g/mol. The van der Waals surface area contributed by atoms with Crippen LogP contribution in [0, 0.1) is 27.7 Å². The highest BCUT2D eigenvalue weighted by molar-refractivity contribution is 6.25. The van der Waals surface area contributed by atoms with Gasteiger partial charge < -0.3 is 19.6 Å². The predicted octanol–water partition coefficient (Wildman–Crippen LogP) is 40.3. The molecule has 4 nitrogen and oxygen atoms in total. The van der Waals surface area contributed by atoms with Crippen LogP contribution in [0.2, 0.25) is 0 Å². The van der Waals surface area contributed by atoms with E-state index in [-0.39, 0.29) is 0 Å². The van der Waals surface area contributed by atoms with Crippen molar-refractivity contribution in [3.8, 4) is 0 Å². The highest BCUT2D eigenvalue weighted by Gasteiger charge is 2.28. The minimum absolute atomic E-state index is 1.15. The molecule has 0 amide bonds. The maximum atomic E-state index is 2.47. The average molecular weight is 1840 g/mol. The second-order valence-corrected chi connectivity index (χ2v) is 37.9. The molecule has 0 aliphatic heterocycles. The molecule has 0 atom stereocenters. The van der Waals surface area contributed by atoms with E-state index in [0.717, 1.165) is 17.1 Å². The fourth-order valence-electron chi connectivity index (χ4n) is 22.4. The molecule has 0 fully saturated rings. The average Bonchev–Trinajstić information content (AvgIpc) is 0.745. The van der Waals surface area contributed by atoms with Crippen LogP contribution in [0.5, 0.6) is 0 Å². The Morgan fingerprint density at radius 3 is 0.625 bits per heavy atom. The van der Waals surface area contributed by atoms with E-state index in [2.05, 4.69) is 581 Å². The van der Waals surface area contributed by atoms with Crippen LogP contribution in [0.25, 0.3) is 172 Å². The number of aryl methyl sites for hydroxylation is 4. The molecule has 4 heteroatoms. The smallest absolute Gasteiger partial charge is 0.0546 e. The van der Waals surface area contributed by atoms with Gasteiger partial charge in [0.1, 0.15) is 0 Å². The summed E-state index contributed by atoms with van der Waals surface area (Å²) in [5.41, 5.74) is 19.2. The highest BCUT2D eigenvalue weighted by Crippen LogP contribution is 2.53. The SMILES string of the molecule is Cc1ccc(N(c2cc3ccccc3c3ccccc23)c2cccc3ccc4ccccc4c23)cc1.Cc1cccc(N(c2cc3ccccc3c3ccccc23)c2cccc3ccc4ccccc4c23)c1.Cc1cccc(N(c2cccc3ccc4ccccc4c23)c2cccc3ccc4ccccc4c23)c1.Cc1ccccc1N(c1cccc2ccc3ccccc3c12)c1cccc2ccc3ccccc3c12. The number of fused-ring (bicyclic) bond motifs is 24. The molecule has 0 aliphatic carbocycles. The largest absolute Gasteiger partial charge is 0.309 e. The van der Waals surface area contributed by atoms with E-state index in [1.165, 1.54) is 246 Å². The number of anilines is 12. The van der Waals surface area contributed by atoms with E-state index in [9.17, 15) is 0 Å². The third kappa shape index (κ3) is 15.8. The summed E-state index contributed by atoms with van der Waals surface area (Å²) in [6.07, 6.45) is 0. The van der Waals surface area contributed by atoms with Gasteiger partial charge in [-0.3, -0.25) is 0 Å². The van der Waals surface area contributed by atoms with Crippen molar-refractivity contribution >= 4 is 241 Å². The topological polar surface area (TPSA) is 13.0 Å². The number of hydrogen-bond acceptors (Lipinski definition) is 4. The minimum Gasteiger partial charge on any atom is -0.309 e. The molecule has 680 valence electrons. The fourth-order valence-corrected chi connectivity index (χ4v) is 22.4. The molecule has 0 N–H and O–H groups in total. The van der Waals surface area contributed by atoms with E-state index in [4.69, 9.17) is 0 Å². The number of para-hydroxylation sites is 1. The first-order chi connectivity index (χ1) is 71.1. The fraction of sp³-hybridized carbons (Fsp3) is 0.0286. The number of nitrogens with zero attached hydrogens (tertiary/aromatic N) is 4. The quantitative estimate of drug-likeness (QED) is 0.113. The summed E-state index contributed by atoms with van der Waals surface area (Å²) in [6.45, 7) is 8.68. The third-order valence-electron chi connectivity index (χ3n) is 29.1. The van der Waals surface area contributed by atoms with Gasteiger partial charge in [-0.2, -0.15) is 0 Å². The van der Waals surface area contributed by atoms with Crippen LogP contribution in [0.3, 0.4) is 0 Å². The van der Waals surface area contributed by atoms with E-state index >= 15 is 0 Å². The van der Waals surface area contributed by atoms with Gasteiger partial charge in [-0.15, -0.1) is 0 Å². The lowest BCUT2D eigenvalue weighted by molar-refractivity contribution is 1.28. The van der Waals surface area contributed by atoms with Gasteiger partial charge in [0.25, 0.3) is 0 Å². The maximum Gasteiger partial charge on any atom is 0.0546 e. The number of hydrogen-bond donors (Lipinski definition) is 0. The van der Waals surface area contributed by atoms with Crippen molar-refractivity contribution in [2.75, 3.05) is 19.6 Å². The molecule has 0 saturated carbocycles. The summed E-state index contributed by atoms with van der Waals surface area (Å²) in [5, 5.41) is 40.3. The van der Waals surface area contributed by atoms with Crippen molar-refractivity contribution in [2.24, 2.45) is 0 Å². The Hall–Kier alpha value is -18.5. The molecule has 0 heterocycles. The monoisotopic (exact) mass is 1840 g/mol. The molecule has 0 saturated heterocycles. The van der Waals surface area contributed by atoms with Crippen LogP contribution in [-0.4, -0.2) is 0 Å². The van der Waals surface area contributed by atoms with E-state index in [1.807, 2.05) is 0 Å². The van der Waals surface area contributed by atoms with Crippen LogP contribution in [0.1, 0.15) is 22.3 Å². The molecular formula is C140H100N4. The van der Waals surface area contributed by atoms with Crippen LogP contribution in [0.4, 0.5) is 68.2 Å². The van der Waals surface area contributed by atoms with Gasteiger partial charge in [0.15, 0.2) is 0 Å². The molecule has 28 aromatic rings. The van der Waals surface area contributed by atoms with Gasteiger partial charge in [0.05, 0.1) is 45.5 Å². The van der Waals surface area contributed by atoms with Crippen molar-refractivity contribution in [2.45, 2.75) is 27.7 Å². The maximum absolute atomic E-state index is 2.47. The molecule has 0 unspecified atom stereocenters. The Kier molecular flexibility index (Phi) is 22.6. The first-order valence-corrected chi connectivity index (χ1v) is 49.8. The second kappa shape index (κ2) is 37.4. The van der Waals surface area contributed by atoms with E-state index < -0.39 is 0 Å². The predicted molar refractivity (Wildman–Crippen MR) is 624 cm³/mol. The molecule has 28 aromatic carbocycles. The van der Waals surface area contributed by atoms with Crippen molar-refractivity contribution in [3.63, 3.8) is 0 Å². The Bertz CT molecular complexity index is 9440. The van der Waals surface area contributed by atoms with E-state index in [1.54, 1.807) is 0 Å². The lowest BCUT2D eigenvalue weighted by Gasteiger charge is -2.30. The molecule has 0 bridgehead atoms. The molecule has 0 spiro atoms. The van der Waals surface area contributed by atoms with Gasteiger partial charge in [0.2, 0.25) is 0 Å². The summed E-state index contributed by atoms with van der Waals surface area (Å²) in [5.74, 6) is 0. The van der Waals surface area contributed by atoms with Crippen molar-refractivity contribution in [1.82, 2.24) is 0 Å². The van der Waals surface area contributed by atoms with Crippen molar-refractivity contribution < 1.29 is 0 Å². The Balaban J connectivity index is 0.000000101. The number of benzene rings is 28.